The number of aliphatic hydroxyl groups is 1. The summed E-state index contributed by atoms with van der Waals surface area (Å²) in [5.41, 5.74) is -4.03. The molecule has 5 aliphatic carbocycles. The number of benzene rings is 3. The van der Waals surface area contributed by atoms with E-state index in [1.807, 2.05) is 48.5 Å². The lowest BCUT2D eigenvalue weighted by molar-refractivity contribution is -0.235. The number of alkyl carbamates (subject to hydrolysis) is 1. The minimum absolute atomic E-state index is 0.00887. The molecule has 0 radical (unpaired) electrons. The van der Waals surface area contributed by atoms with E-state index in [1.54, 1.807) is 0 Å². The Morgan fingerprint density at radius 2 is 1.62 bits per heavy atom. The molecule has 1 heterocycles. The number of amides is 1. The van der Waals surface area contributed by atoms with Crippen LogP contribution >= 0.6 is 15.6 Å². The van der Waals surface area contributed by atoms with Crippen molar-refractivity contribution in [1.29, 1.82) is 0 Å². The molecule has 12 atom stereocenters. The van der Waals surface area contributed by atoms with Crippen LogP contribution in [0.4, 0.5) is 18.0 Å². The summed E-state index contributed by atoms with van der Waals surface area (Å²) in [5.74, 6) is -4.71. The number of carbonyl (C=O) groups excluding carboxylic acids is 3. The van der Waals surface area contributed by atoms with Gasteiger partial charge < -0.3 is 34.4 Å². The highest BCUT2D eigenvalue weighted by molar-refractivity contribution is 7.61. The van der Waals surface area contributed by atoms with E-state index in [0.717, 1.165) is 40.5 Å². The Labute approximate surface area is 371 Å². The molecule has 1 amide bonds. The quantitative estimate of drug-likeness (QED) is 0.0981. The van der Waals surface area contributed by atoms with Crippen LogP contribution in [0.15, 0.2) is 96.6 Å². The Kier molecular flexibility index (Phi) is 11.6. The van der Waals surface area contributed by atoms with E-state index >= 15 is 8.78 Å². The van der Waals surface area contributed by atoms with E-state index < -0.39 is 130 Å². The van der Waals surface area contributed by atoms with Crippen LogP contribution in [-0.4, -0.2) is 88.6 Å². The number of nitrogens with one attached hydrogen (secondary N) is 1. The zero-order valence-corrected chi connectivity index (χ0v) is 36.8. The van der Waals surface area contributed by atoms with E-state index in [4.69, 9.17) is 23.3 Å². The summed E-state index contributed by atoms with van der Waals surface area (Å²) in [6.07, 6.45) is -4.90. The average Bonchev–Trinajstić information content (AvgIpc) is 3.88. The van der Waals surface area contributed by atoms with Crippen LogP contribution in [0.25, 0.3) is 11.1 Å². The molecule has 2 unspecified atom stereocenters. The molecular formula is C45H46F3NO14P2. The van der Waals surface area contributed by atoms with E-state index in [-0.39, 0.29) is 30.1 Å². The first-order valence-corrected chi connectivity index (χ1v) is 24.1. The Morgan fingerprint density at radius 1 is 0.938 bits per heavy atom. The van der Waals surface area contributed by atoms with Crippen LogP contribution in [0.1, 0.15) is 62.0 Å². The van der Waals surface area contributed by atoms with Crippen molar-refractivity contribution in [3.63, 3.8) is 0 Å². The van der Waals surface area contributed by atoms with E-state index in [0.29, 0.717) is 0 Å². The van der Waals surface area contributed by atoms with Crippen LogP contribution in [-0.2, 0) is 46.3 Å². The fourth-order valence-corrected chi connectivity index (χ4v) is 13.7. The van der Waals surface area contributed by atoms with Crippen molar-refractivity contribution in [3.05, 3.63) is 119 Å². The Bertz CT molecular complexity index is 2570. The van der Waals surface area contributed by atoms with E-state index in [1.165, 1.54) is 38.1 Å². The number of carbonyl (C=O) groups is 3. The van der Waals surface area contributed by atoms with Crippen LogP contribution in [0, 0.1) is 28.5 Å². The van der Waals surface area contributed by atoms with Gasteiger partial charge in [-0.3, -0.25) is 18.6 Å². The maximum Gasteiger partial charge on any atom is 0.481 e. The van der Waals surface area contributed by atoms with Crippen molar-refractivity contribution >= 4 is 33.3 Å². The van der Waals surface area contributed by atoms with Gasteiger partial charge in [0, 0.05) is 34.8 Å². The zero-order valence-electron chi connectivity index (χ0n) is 35.0. The molecule has 9 rings (SSSR count). The molecule has 4 N–H and O–H groups in total. The number of allylic oxidation sites excluding steroid dienone is 4. The van der Waals surface area contributed by atoms with Crippen LogP contribution in [0.2, 0.25) is 0 Å². The molecule has 0 spiro atoms. The van der Waals surface area contributed by atoms with Gasteiger partial charge in [-0.1, -0.05) is 73.7 Å². The number of hydrogen-bond acceptors (Lipinski definition) is 12. The molecule has 0 bridgehead atoms. The number of alkyl halides is 2. The van der Waals surface area contributed by atoms with Gasteiger partial charge in [-0.05, 0) is 84.2 Å². The van der Waals surface area contributed by atoms with E-state index in [9.17, 15) is 42.8 Å². The molecule has 1 saturated heterocycles. The minimum atomic E-state index is -5.63. The fourth-order valence-electron chi connectivity index (χ4n) is 11.6. The third-order valence-corrected chi connectivity index (χ3v) is 17.1. The standard InChI is InChI=1S/C45H46F3NO14P2/c1-42-15-14-27(50)19-35(42)36(47)20-34-33-21-39-45(43(33,2)22-37(51)44(34,42)48,62-40(61-39)25-8-7-9-26(46)18-25)38(52)24-60-65(56,57)63-64(54,55)59-17-16-49-41(53)58-23-32-30-12-5-3-10-28(30)29-11-4-6-13-31(29)32/h3-15,18-19,32-34,36-37,39-40,51H,16-17,20-24H2,1-2H3,(H,49,53)(H,54,55)(H,56,57)/t33-,34-,36-,37-,39+,40+,42-,43-,44-,45+/m0/s1. The van der Waals surface area contributed by atoms with Crippen molar-refractivity contribution < 1.29 is 79.1 Å². The molecule has 3 saturated carbocycles. The highest BCUT2D eigenvalue weighted by Crippen LogP contribution is 2.73. The predicted octanol–water partition coefficient (Wildman–Crippen LogP) is 7.27. The number of aliphatic hydroxyl groups excluding tert-OH is 1. The summed E-state index contributed by atoms with van der Waals surface area (Å²) in [7, 11) is -11.0. The molecule has 3 aromatic carbocycles. The van der Waals surface area contributed by atoms with Gasteiger partial charge in [-0.15, -0.1) is 0 Å². The SMILES string of the molecule is C[C@]12C=CC(=O)C=C1[C@@H](F)C[C@H]1[C@@H]3C[C@H]4O[C@@H](c5cccc(F)c5)O[C@@]4(C(=O)COP(=O)(O)OP(=O)(O)OCCNC(=O)OCC4c5ccccc5-c5ccccc54)[C@@]3(C)C[C@H](O)[C@@]12F. The second kappa shape index (κ2) is 16.5. The normalized spacial score (nSPS) is 35.0. The summed E-state index contributed by atoms with van der Waals surface area (Å²) in [6.45, 7) is 0.513. The van der Waals surface area contributed by atoms with Crippen LogP contribution in [0.5, 0.6) is 0 Å². The summed E-state index contributed by atoms with van der Waals surface area (Å²) in [5, 5.41) is 14.2. The lowest BCUT2D eigenvalue weighted by Gasteiger charge is -2.63. The second-order valence-corrected chi connectivity index (χ2v) is 20.8. The van der Waals surface area contributed by atoms with Gasteiger partial charge in [-0.2, -0.15) is 4.31 Å². The summed E-state index contributed by atoms with van der Waals surface area (Å²) >= 11 is 0. The van der Waals surface area contributed by atoms with Crippen molar-refractivity contribution in [2.75, 3.05) is 26.4 Å². The Morgan fingerprint density at radius 3 is 2.31 bits per heavy atom. The van der Waals surface area contributed by atoms with Crippen LogP contribution in [0.3, 0.4) is 0 Å². The van der Waals surface area contributed by atoms with Crippen molar-refractivity contribution in [2.24, 2.45) is 22.7 Å². The number of fused-ring (bicyclic) bond motifs is 10. The highest BCUT2D eigenvalue weighted by Gasteiger charge is 2.80. The van der Waals surface area contributed by atoms with Gasteiger partial charge in [-0.25, -0.2) is 27.1 Å². The van der Waals surface area contributed by atoms with Crippen molar-refractivity contribution in [3.8, 4) is 11.1 Å². The Hall–Kier alpha value is -4.32. The number of Topliss-reactive ketones (excluding diaryl/α,β-unsaturated/α-hetero) is 1. The summed E-state index contributed by atoms with van der Waals surface area (Å²) < 4.78 is 107. The number of hydrogen-bond donors (Lipinski definition) is 4. The smallest absolute Gasteiger partial charge is 0.449 e. The fraction of sp³-hybridized carbons (Fsp3) is 0.444. The largest absolute Gasteiger partial charge is 0.481 e. The molecule has 1 aliphatic heterocycles. The lowest BCUT2D eigenvalue weighted by Crippen LogP contribution is -2.70. The number of ketones is 2. The third-order valence-electron chi connectivity index (χ3n) is 14.4. The number of rotatable bonds is 13. The topological polar surface area (TPSA) is 213 Å². The molecular weight excluding hydrogens is 897 g/mol. The summed E-state index contributed by atoms with van der Waals surface area (Å²) in [6, 6.07) is 20.6. The van der Waals surface area contributed by atoms with Gasteiger partial charge in [0.2, 0.25) is 0 Å². The number of halogens is 3. The number of ether oxygens (including phenoxy) is 3. The van der Waals surface area contributed by atoms with Gasteiger partial charge in [0.15, 0.2) is 29.1 Å². The van der Waals surface area contributed by atoms with Gasteiger partial charge in [0.05, 0.1) is 18.8 Å². The average molecular weight is 944 g/mol. The summed E-state index contributed by atoms with van der Waals surface area (Å²) in [4.78, 5) is 60.4. The molecule has 3 aromatic rings. The van der Waals surface area contributed by atoms with Gasteiger partial charge in [0.25, 0.3) is 0 Å². The predicted molar refractivity (Wildman–Crippen MR) is 223 cm³/mol. The number of phosphoric acid groups is 2. The maximum absolute atomic E-state index is 17.9. The molecule has 0 aromatic heterocycles. The molecule has 20 heteroatoms. The van der Waals surface area contributed by atoms with Crippen molar-refractivity contribution in [1.82, 2.24) is 5.32 Å². The molecule has 346 valence electrons. The van der Waals surface area contributed by atoms with Crippen molar-refractivity contribution in [2.45, 2.75) is 75.0 Å². The van der Waals surface area contributed by atoms with E-state index in [2.05, 4.69) is 9.63 Å². The molecule has 6 aliphatic rings. The first-order valence-electron chi connectivity index (χ1n) is 21.1. The zero-order chi connectivity index (χ0) is 46.3. The Balaban J connectivity index is 0.860. The molecule has 65 heavy (non-hydrogen) atoms. The van der Waals surface area contributed by atoms with Gasteiger partial charge >= 0.3 is 21.7 Å². The maximum atomic E-state index is 17.9. The van der Waals surface area contributed by atoms with Gasteiger partial charge in [0.1, 0.15) is 25.2 Å². The monoisotopic (exact) mass is 943 g/mol. The minimum Gasteiger partial charge on any atom is -0.449 e. The third kappa shape index (κ3) is 7.50. The van der Waals surface area contributed by atoms with Crippen LogP contribution < -0.4 is 5.32 Å². The molecule has 4 fully saturated rings. The lowest BCUT2D eigenvalue weighted by atomic mass is 9.44. The highest BCUT2D eigenvalue weighted by atomic mass is 31.3. The first-order chi connectivity index (χ1) is 30.7. The second-order valence-electron chi connectivity index (χ2n) is 17.8. The first kappa shape index (κ1) is 45.8. The molecule has 15 nitrogen and oxygen atoms in total. The number of phosphoric ester groups is 2.